The van der Waals surface area contributed by atoms with Crippen molar-refractivity contribution in [2.75, 3.05) is 36.5 Å². The van der Waals surface area contributed by atoms with Crippen LogP contribution >= 0.6 is 0 Å². The molecule has 280 valence electrons. The highest BCUT2D eigenvalue weighted by Gasteiger charge is 2.31. The van der Waals surface area contributed by atoms with Crippen molar-refractivity contribution in [3.63, 3.8) is 0 Å². The molecule has 3 aliphatic rings. The lowest BCUT2D eigenvalue weighted by Crippen LogP contribution is -2.37. The Morgan fingerprint density at radius 2 is 1.64 bits per heavy atom. The average molecular weight is 723 g/mol. The van der Waals surface area contributed by atoms with Crippen LogP contribution in [-0.2, 0) is 20.7 Å². The maximum absolute atomic E-state index is 13.8. The van der Waals surface area contributed by atoms with Gasteiger partial charge in [0.2, 0.25) is 11.9 Å². The van der Waals surface area contributed by atoms with E-state index in [1.165, 1.54) is 6.42 Å². The van der Waals surface area contributed by atoms with Gasteiger partial charge in [0.15, 0.2) is 12.5 Å². The normalized spacial score (nSPS) is 19.3. The molecule has 0 unspecified atom stereocenters. The number of hydrogen-bond acceptors (Lipinski definition) is 10. The fourth-order valence-corrected chi connectivity index (χ4v) is 7.18. The third kappa shape index (κ3) is 10.5. The number of benzene rings is 2. The van der Waals surface area contributed by atoms with Crippen LogP contribution in [-0.4, -0.2) is 65.5 Å². The number of carbonyl (C=O) groups excluding carboxylic acids is 3. The quantitative estimate of drug-likeness (QED) is 0.187. The van der Waals surface area contributed by atoms with E-state index in [0.29, 0.717) is 55.5 Å². The summed E-state index contributed by atoms with van der Waals surface area (Å²) in [6.45, 7) is 8.09. The molecule has 0 spiro atoms. The Morgan fingerprint density at radius 1 is 0.943 bits per heavy atom. The van der Waals surface area contributed by atoms with Crippen LogP contribution in [0.4, 0.5) is 16.4 Å². The SMILES string of the molecule is CC(C)(C)OC(=O)NCC1CCC(C(=O)C[C@@H](Cc2ccc(-c3cnc(N4CCCCC4)[nH]c3=O)cc2)C(=O)Nc2ccc(C3=NCN=N3)cc2)CC1. The fourth-order valence-electron chi connectivity index (χ4n) is 7.18. The van der Waals surface area contributed by atoms with Gasteiger partial charge in [0, 0.05) is 55.3 Å². The number of nitrogens with zero attached hydrogens (tertiary/aromatic N) is 5. The molecule has 2 aromatic carbocycles. The summed E-state index contributed by atoms with van der Waals surface area (Å²) in [5.74, 6) is 0.517. The summed E-state index contributed by atoms with van der Waals surface area (Å²) in [7, 11) is 0. The number of hydrogen-bond donors (Lipinski definition) is 3. The van der Waals surface area contributed by atoms with Crippen molar-refractivity contribution in [2.24, 2.45) is 33.0 Å². The van der Waals surface area contributed by atoms with E-state index in [0.717, 1.165) is 55.5 Å². The maximum Gasteiger partial charge on any atom is 0.407 e. The molecule has 13 heteroatoms. The van der Waals surface area contributed by atoms with Gasteiger partial charge in [-0.2, -0.15) is 5.11 Å². The summed E-state index contributed by atoms with van der Waals surface area (Å²) in [6, 6.07) is 14.8. The minimum Gasteiger partial charge on any atom is -0.444 e. The zero-order chi connectivity index (χ0) is 37.4. The molecular weight excluding hydrogens is 672 g/mol. The van der Waals surface area contributed by atoms with Crippen LogP contribution in [0, 0.1) is 17.8 Å². The predicted octanol–water partition coefficient (Wildman–Crippen LogP) is 6.68. The van der Waals surface area contributed by atoms with Gasteiger partial charge in [-0.1, -0.05) is 24.3 Å². The number of amides is 2. The minimum atomic E-state index is -0.610. The Kier molecular flexibility index (Phi) is 12.1. The third-order valence-corrected chi connectivity index (χ3v) is 10.1. The summed E-state index contributed by atoms with van der Waals surface area (Å²) in [4.78, 5) is 66.6. The lowest BCUT2D eigenvalue weighted by molar-refractivity contribution is -0.129. The van der Waals surface area contributed by atoms with Crippen molar-refractivity contribution in [1.29, 1.82) is 0 Å². The van der Waals surface area contributed by atoms with E-state index in [2.05, 4.69) is 40.7 Å². The first-order valence-electron chi connectivity index (χ1n) is 18.8. The molecule has 13 nitrogen and oxygen atoms in total. The Balaban J connectivity index is 1.11. The summed E-state index contributed by atoms with van der Waals surface area (Å²) in [5.41, 5.74) is 2.76. The minimum absolute atomic E-state index is 0.0756. The van der Waals surface area contributed by atoms with E-state index in [1.54, 1.807) is 18.3 Å². The Hall–Kier alpha value is -5.20. The molecule has 1 aromatic heterocycles. The number of ether oxygens (including phenoxy) is 1. The number of alkyl carbamates (subject to hydrolysis) is 1. The molecule has 1 aliphatic carbocycles. The Morgan fingerprint density at radius 3 is 2.28 bits per heavy atom. The van der Waals surface area contributed by atoms with Gasteiger partial charge in [-0.3, -0.25) is 19.4 Å². The van der Waals surface area contributed by atoms with Gasteiger partial charge in [0.05, 0.1) is 5.56 Å². The second-order valence-corrected chi connectivity index (χ2v) is 15.3. The number of amidine groups is 1. The molecule has 1 saturated heterocycles. The van der Waals surface area contributed by atoms with E-state index in [-0.39, 0.29) is 35.5 Å². The lowest BCUT2D eigenvalue weighted by atomic mass is 9.77. The molecule has 3 heterocycles. The lowest BCUT2D eigenvalue weighted by Gasteiger charge is -2.29. The molecule has 0 radical (unpaired) electrons. The average Bonchev–Trinajstić information content (AvgIpc) is 3.70. The van der Waals surface area contributed by atoms with Crippen LogP contribution in [0.3, 0.4) is 0 Å². The van der Waals surface area contributed by atoms with Crippen LogP contribution in [0.5, 0.6) is 0 Å². The van der Waals surface area contributed by atoms with Gasteiger partial charge in [0.1, 0.15) is 11.4 Å². The van der Waals surface area contributed by atoms with Gasteiger partial charge in [-0.15, -0.1) is 5.11 Å². The fraction of sp³-hybridized carbons (Fsp3) is 0.500. The van der Waals surface area contributed by atoms with Crippen molar-refractivity contribution in [2.45, 2.75) is 84.2 Å². The molecule has 3 N–H and O–H groups in total. The number of piperidine rings is 1. The molecule has 3 aromatic rings. The summed E-state index contributed by atoms with van der Waals surface area (Å²) in [6.07, 6.45) is 8.07. The van der Waals surface area contributed by atoms with E-state index < -0.39 is 17.6 Å². The number of nitrogens with one attached hydrogen (secondary N) is 3. The van der Waals surface area contributed by atoms with Crippen molar-refractivity contribution in [3.05, 3.63) is 76.2 Å². The monoisotopic (exact) mass is 722 g/mol. The molecule has 0 bridgehead atoms. The highest BCUT2D eigenvalue weighted by atomic mass is 16.6. The Labute approximate surface area is 310 Å². The molecule has 1 saturated carbocycles. The maximum atomic E-state index is 13.8. The first kappa shape index (κ1) is 37.6. The van der Waals surface area contributed by atoms with Gasteiger partial charge in [-0.05, 0) is 113 Å². The number of Topliss-reactive ketones (excluding diaryl/α,β-unsaturated/α-hetero) is 1. The number of aliphatic imine (C=N–C) groups is 1. The van der Waals surface area contributed by atoms with E-state index >= 15 is 0 Å². The van der Waals surface area contributed by atoms with Crippen LogP contribution in [0.15, 0.2) is 74.7 Å². The topological polar surface area (TPSA) is 171 Å². The zero-order valence-corrected chi connectivity index (χ0v) is 30.9. The number of aromatic amines is 1. The van der Waals surface area contributed by atoms with Gasteiger partial charge < -0.3 is 20.3 Å². The van der Waals surface area contributed by atoms with Crippen molar-refractivity contribution in [3.8, 4) is 11.1 Å². The number of H-pyrrole nitrogens is 1. The number of carbonyl (C=O) groups is 3. The van der Waals surface area contributed by atoms with Gasteiger partial charge in [-0.25, -0.2) is 14.8 Å². The zero-order valence-electron chi connectivity index (χ0n) is 30.9. The van der Waals surface area contributed by atoms with Crippen molar-refractivity contribution >= 4 is 35.3 Å². The standard InChI is InChI=1S/C40H50N8O5/c1-40(2,3)53-39(52)42-23-27-9-13-29(14-10-27)34(49)22-31(36(50)45-32-17-15-30(16-18-32)35-43-25-44-47-35)21-26-7-11-28(12-8-26)33-24-41-38(46-37(33)51)48-19-5-4-6-20-48/h7-8,11-12,15-18,24,27,29,31H,4-6,9-10,13-14,19-23,25H2,1-3H3,(H,42,52)(H,45,50)(H,41,46,51)/t27?,29?,31-/m1/s1. The van der Waals surface area contributed by atoms with E-state index in [9.17, 15) is 19.2 Å². The molecule has 53 heavy (non-hydrogen) atoms. The summed E-state index contributed by atoms with van der Waals surface area (Å²) in [5, 5.41) is 13.8. The van der Waals surface area contributed by atoms with Crippen molar-refractivity contribution < 1.29 is 19.1 Å². The van der Waals surface area contributed by atoms with Crippen molar-refractivity contribution in [1.82, 2.24) is 15.3 Å². The van der Waals surface area contributed by atoms with Crippen LogP contribution in [0.25, 0.3) is 11.1 Å². The molecule has 2 aliphatic heterocycles. The smallest absolute Gasteiger partial charge is 0.407 e. The Bertz CT molecular complexity index is 1870. The number of ketones is 1. The molecule has 6 rings (SSSR count). The third-order valence-electron chi connectivity index (χ3n) is 10.1. The van der Waals surface area contributed by atoms with Gasteiger partial charge >= 0.3 is 6.09 Å². The second kappa shape index (κ2) is 17.1. The second-order valence-electron chi connectivity index (χ2n) is 15.3. The predicted molar refractivity (Wildman–Crippen MR) is 204 cm³/mol. The molecule has 2 amide bonds. The first-order valence-corrected chi connectivity index (χ1v) is 18.8. The molecule has 1 atom stereocenters. The van der Waals surface area contributed by atoms with Crippen LogP contribution in [0.2, 0.25) is 0 Å². The number of rotatable bonds is 12. The highest BCUT2D eigenvalue weighted by molar-refractivity contribution is 6.01. The van der Waals surface area contributed by atoms with Crippen LogP contribution < -0.4 is 21.1 Å². The summed E-state index contributed by atoms with van der Waals surface area (Å²) < 4.78 is 5.36. The van der Waals surface area contributed by atoms with Gasteiger partial charge in [0.25, 0.3) is 5.56 Å². The highest BCUT2D eigenvalue weighted by Crippen LogP contribution is 2.32. The molecular formula is C40H50N8O5. The number of anilines is 2. The number of aromatic nitrogens is 2. The summed E-state index contributed by atoms with van der Waals surface area (Å²) >= 11 is 0. The number of azo groups is 1. The largest absolute Gasteiger partial charge is 0.444 e. The molecule has 2 fully saturated rings. The van der Waals surface area contributed by atoms with E-state index in [1.807, 2.05) is 57.2 Å². The first-order chi connectivity index (χ1) is 25.5. The van der Waals surface area contributed by atoms with Crippen LogP contribution in [0.1, 0.15) is 83.3 Å². The van der Waals surface area contributed by atoms with E-state index in [4.69, 9.17) is 4.74 Å².